The molecule has 4 aromatic rings. The van der Waals surface area contributed by atoms with E-state index in [0.717, 1.165) is 11.1 Å². The number of ether oxygens (including phenoxy) is 1. The predicted molar refractivity (Wildman–Crippen MR) is 133 cm³/mol. The molecule has 5 rings (SSSR count). The lowest BCUT2D eigenvalue weighted by Crippen LogP contribution is -2.48. The Bertz CT molecular complexity index is 1370. The molecule has 8 nitrogen and oxygen atoms in total. The lowest BCUT2D eigenvalue weighted by Gasteiger charge is -2.33. The maximum atomic E-state index is 13.5. The van der Waals surface area contributed by atoms with E-state index in [2.05, 4.69) is 43.2 Å². The number of aromatic nitrogens is 3. The number of aliphatic imine (C=N–C) groups is 1. The minimum atomic E-state index is -0.367. The first-order chi connectivity index (χ1) is 16.5. The first-order valence-electron chi connectivity index (χ1n) is 10.3. The summed E-state index contributed by atoms with van der Waals surface area (Å²) in [5.41, 5.74) is 6.75. The zero-order valence-electron chi connectivity index (χ0n) is 17.9. The van der Waals surface area contributed by atoms with Crippen molar-refractivity contribution in [3.8, 4) is 17.0 Å². The SMILES string of the molecule is COc1cccc(C2=Nc3c(-c4ccc(F)cc4)n[nH]c3C(I)N2NC(=O)c2cccnc2)c1. The number of aromatic amines is 1. The molecule has 1 amide bonds. The number of pyridine rings is 1. The summed E-state index contributed by atoms with van der Waals surface area (Å²) in [5, 5.41) is 9.17. The highest BCUT2D eigenvalue weighted by Crippen LogP contribution is 2.43. The Morgan fingerprint density at radius 1 is 1.15 bits per heavy atom. The highest BCUT2D eigenvalue weighted by atomic mass is 127. The zero-order valence-corrected chi connectivity index (χ0v) is 20.0. The van der Waals surface area contributed by atoms with E-state index < -0.39 is 0 Å². The Balaban J connectivity index is 1.61. The second-order valence-corrected chi connectivity index (χ2v) is 8.58. The van der Waals surface area contributed by atoms with Crippen molar-refractivity contribution in [1.82, 2.24) is 25.6 Å². The second kappa shape index (κ2) is 9.21. The Morgan fingerprint density at radius 2 is 1.97 bits per heavy atom. The molecule has 34 heavy (non-hydrogen) atoms. The van der Waals surface area contributed by atoms with Crippen LogP contribution in [0, 0.1) is 5.82 Å². The Labute approximate surface area is 208 Å². The van der Waals surface area contributed by atoms with Gasteiger partial charge in [-0.1, -0.05) is 12.1 Å². The van der Waals surface area contributed by atoms with Crippen LogP contribution in [-0.4, -0.2) is 39.0 Å². The van der Waals surface area contributed by atoms with E-state index in [4.69, 9.17) is 9.73 Å². The van der Waals surface area contributed by atoms with Crippen molar-refractivity contribution in [2.75, 3.05) is 7.11 Å². The molecule has 1 aliphatic heterocycles. The molecule has 3 heterocycles. The number of hydrogen-bond donors (Lipinski definition) is 2. The molecule has 1 aliphatic rings. The van der Waals surface area contributed by atoms with Crippen LogP contribution < -0.4 is 10.2 Å². The minimum absolute atomic E-state index is 0.327. The fourth-order valence-electron chi connectivity index (χ4n) is 3.58. The van der Waals surface area contributed by atoms with Crippen LogP contribution in [0.25, 0.3) is 11.3 Å². The quantitative estimate of drug-likeness (QED) is 0.205. The fraction of sp³-hybridized carbons (Fsp3) is 0.0833. The highest BCUT2D eigenvalue weighted by Gasteiger charge is 2.34. The van der Waals surface area contributed by atoms with Crippen molar-refractivity contribution >= 4 is 40.0 Å². The van der Waals surface area contributed by atoms with Gasteiger partial charge in [-0.05, 0) is 71.1 Å². The number of benzene rings is 2. The van der Waals surface area contributed by atoms with E-state index in [1.165, 1.54) is 18.3 Å². The number of alkyl halides is 1. The van der Waals surface area contributed by atoms with Gasteiger partial charge in [0.25, 0.3) is 5.91 Å². The number of halogens is 2. The van der Waals surface area contributed by atoms with Crippen LogP contribution in [0.5, 0.6) is 5.75 Å². The van der Waals surface area contributed by atoms with Crippen LogP contribution in [0.15, 0.2) is 78.0 Å². The summed E-state index contributed by atoms with van der Waals surface area (Å²) in [6.45, 7) is 0. The number of hydrazine groups is 1. The number of H-pyrrole nitrogens is 1. The van der Waals surface area contributed by atoms with Gasteiger partial charge in [-0.2, -0.15) is 5.10 Å². The smallest absolute Gasteiger partial charge is 0.271 e. The molecule has 2 aromatic carbocycles. The maximum absolute atomic E-state index is 13.5. The van der Waals surface area contributed by atoms with Gasteiger partial charge in [-0.15, -0.1) is 0 Å². The van der Waals surface area contributed by atoms with Crippen LogP contribution >= 0.6 is 22.6 Å². The van der Waals surface area contributed by atoms with E-state index in [0.29, 0.717) is 34.2 Å². The van der Waals surface area contributed by atoms with E-state index in [1.807, 2.05) is 24.3 Å². The average molecular weight is 568 g/mol. The monoisotopic (exact) mass is 568 g/mol. The van der Waals surface area contributed by atoms with Crippen LogP contribution in [-0.2, 0) is 0 Å². The molecule has 170 valence electrons. The van der Waals surface area contributed by atoms with Crippen LogP contribution in [0.1, 0.15) is 25.7 Å². The summed E-state index contributed by atoms with van der Waals surface area (Å²) in [4.78, 5) is 21.9. The number of nitrogens with one attached hydrogen (secondary N) is 2. The Hall–Kier alpha value is -3.80. The number of carbonyl (C=O) groups excluding carboxylic acids is 1. The minimum Gasteiger partial charge on any atom is -0.497 e. The molecule has 0 aliphatic carbocycles. The van der Waals surface area contributed by atoms with Gasteiger partial charge >= 0.3 is 0 Å². The highest BCUT2D eigenvalue weighted by molar-refractivity contribution is 14.1. The number of rotatable bonds is 5. The van der Waals surface area contributed by atoms with Gasteiger partial charge in [0.15, 0.2) is 5.84 Å². The molecule has 0 spiro atoms. The summed E-state index contributed by atoms with van der Waals surface area (Å²) in [5.74, 6) is 0.505. The molecular weight excluding hydrogens is 550 g/mol. The molecule has 2 N–H and O–H groups in total. The van der Waals surface area contributed by atoms with Gasteiger partial charge in [-0.25, -0.2) is 14.4 Å². The van der Waals surface area contributed by atoms with Crippen LogP contribution in [0.2, 0.25) is 0 Å². The lowest BCUT2D eigenvalue weighted by molar-refractivity contribution is 0.0864. The van der Waals surface area contributed by atoms with Crippen molar-refractivity contribution in [1.29, 1.82) is 0 Å². The van der Waals surface area contributed by atoms with Crippen molar-refractivity contribution < 1.29 is 13.9 Å². The summed E-state index contributed by atoms with van der Waals surface area (Å²) in [6.07, 6.45) is 3.11. The molecule has 1 atom stereocenters. The standard InChI is InChI=1S/C24H18FIN6O2/c1-34-18-6-2-4-15(12-18)23-28-20-19(14-7-9-17(25)10-8-14)29-30-21(20)22(26)32(23)31-24(33)16-5-3-11-27-13-16/h2-13,22H,1H3,(H,29,30)(H,31,33). The zero-order chi connectivity index (χ0) is 23.7. The van der Waals surface area contributed by atoms with Gasteiger partial charge in [0, 0.05) is 23.5 Å². The van der Waals surface area contributed by atoms with E-state index in [9.17, 15) is 9.18 Å². The summed E-state index contributed by atoms with van der Waals surface area (Å²) in [6, 6.07) is 16.9. The van der Waals surface area contributed by atoms with Crippen molar-refractivity contribution in [2.24, 2.45) is 4.99 Å². The molecule has 0 fully saturated rings. The maximum Gasteiger partial charge on any atom is 0.271 e. The third kappa shape index (κ3) is 4.12. The lowest BCUT2D eigenvalue weighted by atomic mass is 10.1. The second-order valence-electron chi connectivity index (χ2n) is 7.40. The number of carbonyl (C=O) groups is 1. The largest absolute Gasteiger partial charge is 0.497 e. The van der Waals surface area contributed by atoms with Gasteiger partial charge < -0.3 is 4.74 Å². The average Bonchev–Trinajstić information content (AvgIpc) is 3.31. The summed E-state index contributed by atoms with van der Waals surface area (Å²) >= 11 is 2.21. The van der Waals surface area contributed by atoms with Crippen molar-refractivity contribution in [3.63, 3.8) is 0 Å². The molecule has 1 unspecified atom stereocenters. The third-order valence-electron chi connectivity index (χ3n) is 5.27. The first kappa shape index (κ1) is 22.0. The Morgan fingerprint density at radius 3 is 2.71 bits per heavy atom. The first-order valence-corrected chi connectivity index (χ1v) is 11.5. The van der Waals surface area contributed by atoms with Crippen LogP contribution in [0.4, 0.5) is 10.1 Å². The molecule has 0 bridgehead atoms. The molecule has 2 aromatic heterocycles. The third-order valence-corrected chi connectivity index (χ3v) is 6.45. The van der Waals surface area contributed by atoms with E-state index in [-0.39, 0.29) is 15.8 Å². The summed E-state index contributed by atoms with van der Waals surface area (Å²) in [7, 11) is 1.59. The normalized spacial score (nSPS) is 14.9. The molecule has 0 saturated heterocycles. The molecule has 0 radical (unpaired) electrons. The van der Waals surface area contributed by atoms with E-state index >= 15 is 0 Å². The van der Waals surface area contributed by atoms with Crippen molar-refractivity contribution in [2.45, 2.75) is 4.05 Å². The van der Waals surface area contributed by atoms with Gasteiger partial charge in [-0.3, -0.25) is 20.3 Å². The number of amides is 1. The molecule has 10 heteroatoms. The van der Waals surface area contributed by atoms with Gasteiger partial charge in [0.2, 0.25) is 0 Å². The summed E-state index contributed by atoms with van der Waals surface area (Å²) < 4.78 is 18.5. The predicted octanol–water partition coefficient (Wildman–Crippen LogP) is 4.79. The number of nitrogens with zero attached hydrogens (tertiary/aromatic N) is 4. The Kier molecular flexibility index (Phi) is 5.97. The van der Waals surface area contributed by atoms with Gasteiger partial charge in [0.1, 0.15) is 27.0 Å². The van der Waals surface area contributed by atoms with E-state index in [1.54, 1.807) is 42.6 Å². The number of hydrogen-bond acceptors (Lipinski definition) is 6. The van der Waals surface area contributed by atoms with Gasteiger partial charge in [0.05, 0.1) is 18.4 Å². The number of fused-ring (bicyclic) bond motifs is 1. The molecular formula is C24H18FIN6O2. The van der Waals surface area contributed by atoms with Crippen LogP contribution in [0.3, 0.4) is 0 Å². The fourth-order valence-corrected chi connectivity index (χ4v) is 4.42. The van der Waals surface area contributed by atoms with Crippen molar-refractivity contribution in [3.05, 3.63) is 95.7 Å². The number of methoxy groups -OCH3 is 1. The number of amidine groups is 1. The molecule has 0 saturated carbocycles. The topological polar surface area (TPSA) is 95.5 Å².